The summed E-state index contributed by atoms with van der Waals surface area (Å²) in [6.07, 6.45) is -0.345. The molecule has 0 saturated heterocycles. The lowest BCUT2D eigenvalue weighted by Crippen LogP contribution is -2.28. The molecule has 1 atom stereocenters. The third-order valence-electron chi connectivity index (χ3n) is 2.82. The minimum absolute atomic E-state index is 0.0684. The van der Waals surface area contributed by atoms with Gasteiger partial charge < -0.3 is 10.5 Å². The van der Waals surface area contributed by atoms with Crippen LogP contribution in [0.25, 0.3) is 0 Å². The standard InChI is InChI=1S/C9H14N4O2/c1-5-7-6(11-12(2)8(7)10)4-13(5)9(14)15-3/h5H,4,10H2,1-3H3. The fraction of sp³-hybridized carbons (Fsp3) is 0.556. The van der Waals surface area contributed by atoms with Gasteiger partial charge in [0.15, 0.2) is 0 Å². The van der Waals surface area contributed by atoms with Gasteiger partial charge in [0.2, 0.25) is 0 Å². The molecule has 0 radical (unpaired) electrons. The van der Waals surface area contributed by atoms with Crippen LogP contribution in [0.2, 0.25) is 0 Å². The van der Waals surface area contributed by atoms with Crippen molar-refractivity contribution in [1.29, 1.82) is 0 Å². The zero-order valence-electron chi connectivity index (χ0n) is 9.02. The Hall–Kier alpha value is -1.72. The predicted octanol–water partition coefficient (Wildman–Crippen LogP) is 0.645. The van der Waals surface area contributed by atoms with Gasteiger partial charge >= 0.3 is 6.09 Å². The molecule has 1 aliphatic rings. The molecule has 82 valence electrons. The Kier molecular flexibility index (Phi) is 2.06. The summed E-state index contributed by atoms with van der Waals surface area (Å²) in [6.45, 7) is 2.38. The van der Waals surface area contributed by atoms with E-state index in [1.807, 2.05) is 6.92 Å². The van der Waals surface area contributed by atoms with Gasteiger partial charge in [-0.3, -0.25) is 9.58 Å². The van der Waals surface area contributed by atoms with E-state index >= 15 is 0 Å². The highest BCUT2D eigenvalue weighted by molar-refractivity contribution is 5.70. The van der Waals surface area contributed by atoms with Crippen LogP contribution in [-0.2, 0) is 18.3 Å². The number of rotatable bonds is 0. The Morgan fingerprint density at radius 3 is 2.87 bits per heavy atom. The van der Waals surface area contributed by atoms with Crippen molar-refractivity contribution < 1.29 is 9.53 Å². The molecule has 15 heavy (non-hydrogen) atoms. The van der Waals surface area contributed by atoms with Crippen LogP contribution in [-0.4, -0.2) is 27.9 Å². The van der Waals surface area contributed by atoms with Crippen LogP contribution in [0, 0.1) is 0 Å². The second-order valence-corrected chi connectivity index (χ2v) is 3.64. The maximum absolute atomic E-state index is 11.4. The fourth-order valence-corrected chi connectivity index (χ4v) is 1.98. The molecule has 0 saturated carbocycles. The molecule has 2 N–H and O–H groups in total. The van der Waals surface area contributed by atoms with Gasteiger partial charge in [-0.25, -0.2) is 4.79 Å². The van der Waals surface area contributed by atoms with Gasteiger partial charge in [0, 0.05) is 12.6 Å². The van der Waals surface area contributed by atoms with Gasteiger partial charge in [-0.2, -0.15) is 5.10 Å². The Balaban J connectivity index is 2.35. The van der Waals surface area contributed by atoms with Crippen LogP contribution in [0.4, 0.5) is 10.6 Å². The number of methoxy groups -OCH3 is 1. The van der Waals surface area contributed by atoms with E-state index in [-0.39, 0.29) is 12.1 Å². The van der Waals surface area contributed by atoms with Crippen molar-refractivity contribution in [3.05, 3.63) is 11.3 Å². The molecule has 1 aliphatic heterocycles. The van der Waals surface area contributed by atoms with Gasteiger partial charge in [0.05, 0.1) is 25.4 Å². The number of fused-ring (bicyclic) bond motifs is 1. The predicted molar refractivity (Wildman–Crippen MR) is 54.0 cm³/mol. The van der Waals surface area contributed by atoms with Crippen molar-refractivity contribution in [2.75, 3.05) is 12.8 Å². The largest absolute Gasteiger partial charge is 0.453 e. The molecule has 1 aromatic rings. The number of hydrogen-bond acceptors (Lipinski definition) is 4. The molecule has 2 rings (SSSR count). The molecule has 0 aromatic carbocycles. The van der Waals surface area contributed by atoms with E-state index in [1.54, 1.807) is 16.6 Å². The van der Waals surface area contributed by atoms with E-state index in [0.29, 0.717) is 12.4 Å². The highest BCUT2D eigenvalue weighted by Gasteiger charge is 2.35. The van der Waals surface area contributed by atoms with Gasteiger partial charge in [-0.15, -0.1) is 0 Å². The second kappa shape index (κ2) is 3.15. The van der Waals surface area contributed by atoms with E-state index in [2.05, 4.69) is 9.84 Å². The summed E-state index contributed by atoms with van der Waals surface area (Å²) >= 11 is 0. The summed E-state index contributed by atoms with van der Waals surface area (Å²) in [5.74, 6) is 0.615. The molecule has 0 spiro atoms. The molecule has 2 heterocycles. The molecule has 0 bridgehead atoms. The number of nitrogen functional groups attached to an aromatic ring is 1. The molecule has 0 aliphatic carbocycles. The lowest BCUT2D eigenvalue weighted by Gasteiger charge is -2.20. The summed E-state index contributed by atoms with van der Waals surface area (Å²) in [4.78, 5) is 13.0. The third kappa shape index (κ3) is 1.25. The number of carbonyl (C=O) groups is 1. The molecule has 1 aromatic heterocycles. The zero-order chi connectivity index (χ0) is 11.2. The van der Waals surface area contributed by atoms with Crippen molar-refractivity contribution >= 4 is 11.9 Å². The van der Waals surface area contributed by atoms with Gasteiger partial charge in [0.25, 0.3) is 0 Å². The zero-order valence-corrected chi connectivity index (χ0v) is 9.02. The van der Waals surface area contributed by atoms with Crippen molar-refractivity contribution in [3.63, 3.8) is 0 Å². The number of carbonyl (C=O) groups excluding carboxylic acids is 1. The van der Waals surface area contributed by atoms with E-state index < -0.39 is 0 Å². The average molecular weight is 210 g/mol. The fourth-order valence-electron chi connectivity index (χ4n) is 1.98. The number of ether oxygens (including phenoxy) is 1. The average Bonchev–Trinajstić information content (AvgIpc) is 2.66. The summed E-state index contributed by atoms with van der Waals surface area (Å²) < 4.78 is 6.32. The molecule has 0 fully saturated rings. The monoisotopic (exact) mass is 210 g/mol. The Morgan fingerprint density at radius 2 is 2.33 bits per heavy atom. The van der Waals surface area contributed by atoms with E-state index in [0.717, 1.165) is 11.3 Å². The maximum Gasteiger partial charge on any atom is 0.410 e. The van der Waals surface area contributed by atoms with Crippen LogP contribution in [0.1, 0.15) is 24.2 Å². The van der Waals surface area contributed by atoms with Gasteiger partial charge in [-0.05, 0) is 6.92 Å². The first-order chi connectivity index (χ1) is 7.06. The van der Waals surface area contributed by atoms with Crippen molar-refractivity contribution in [2.24, 2.45) is 7.05 Å². The van der Waals surface area contributed by atoms with Crippen LogP contribution >= 0.6 is 0 Å². The normalized spacial score (nSPS) is 19.1. The van der Waals surface area contributed by atoms with E-state index in [4.69, 9.17) is 5.73 Å². The summed E-state index contributed by atoms with van der Waals surface area (Å²) in [6, 6.07) is -0.0684. The van der Waals surface area contributed by atoms with Gasteiger partial charge in [-0.1, -0.05) is 0 Å². The minimum Gasteiger partial charge on any atom is -0.453 e. The van der Waals surface area contributed by atoms with E-state index in [1.165, 1.54) is 7.11 Å². The topological polar surface area (TPSA) is 73.4 Å². The first-order valence-corrected chi connectivity index (χ1v) is 4.72. The Morgan fingerprint density at radius 1 is 1.67 bits per heavy atom. The number of aromatic nitrogens is 2. The van der Waals surface area contributed by atoms with Gasteiger partial charge in [0.1, 0.15) is 5.82 Å². The Labute approximate surface area is 87.6 Å². The molecule has 1 amide bonds. The van der Waals surface area contributed by atoms with Crippen molar-refractivity contribution in [1.82, 2.24) is 14.7 Å². The first kappa shape index (κ1) is 9.82. The van der Waals surface area contributed by atoms with E-state index in [9.17, 15) is 4.79 Å². The highest BCUT2D eigenvalue weighted by Crippen LogP contribution is 2.36. The minimum atomic E-state index is -0.345. The number of hydrogen-bond donors (Lipinski definition) is 1. The number of nitrogens with zero attached hydrogens (tertiary/aromatic N) is 3. The van der Waals surface area contributed by atoms with Crippen LogP contribution in [0.5, 0.6) is 0 Å². The summed E-state index contributed by atoms with van der Waals surface area (Å²) in [5, 5.41) is 4.25. The number of anilines is 1. The van der Waals surface area contributed by atoms with Crippen molar-refractivity contribution in [2.45, 2.75) is 19.5 Å². The number of amides is 1. The molecule has 6 heteroatoms. The lowest BCUT2D eigenvalue weighted by molar-refractivity contribution is 0.111. The highest BCUT2D eigenvalue weighted by atomic mass is 16.5. The van der Waals surface area contributed by atoms with Crippen molar-refractivity contribution in [3.8, 4) is 0 Å². The molecular formula is C9H14N4O2. The number of aryl methyl sites for hydroxylation is 1. The summed E-state index contributed by atoms with van der Waals surface area (Å²) in [7, 11) is 3.16. The lowest BCUT2D eigenvalue weighted by atomic mass is 10.1. The first-order valence-electron chi connectivity index (χ1n) is 4.72. The van der Waals surface area contributed by atoms with Crippen LogP contribution in [0.3, 0.4) is 0 Å². The molecule has 6 nitrogen and oxygen atoms in total. The SMILES string of the molecule is COC(=O)N1Cc2nn(C)c(N)c2C1C. The van der Waals surface area contributed by atoms with Crippen LogP contribution in [0.15, 0.2) is 0 Å². The van der Waals surface area contributed by atoms with Crippen LogP contribution < -0.4 is 5.73 Å². The second-order valence-electron chi connectivity index (χ2n) is 3.64. The maximum atomic E-state index is 11.4. The Bertz CT molecular complexity index is 412. The summed E-state index contributed by atoms with van der Waals surface area (Å²) in [5.41, 5.74) is 7.66. The number of nitrogens with two attached hydrogens (primary N) is 1. The molecular weight excluding hydrogens is 196 g/mol. The quantitative estimate of drug-likeness (QED) is 0.682. The third-order valence-corrected chi connectivity index (χ3v) is 2.82. The molecule has 1 unspecified atom stereocenters. The smallest absolute Gasteiger partial charge is 0.410 e.